The molecule has 0 rings (SSSR count). The zero-order valence-electron chi connectivity index (χ0n) is 24.2. The minimum Gasteiger partial charge on any atom is -0.462 e. The van der Waals surface area contributed by atoms with Gasteiger partial charge in [0.1, 0.15) is 6.61 Å². The van der Waals surface area contributed by atoms with E-state index in [1.807, 2.05) is 0 Å². The Morgan fingerprint density at radius 3 is 1.61 bits per heavy atom. The first kappa shape index (κ1) is 37.0. The van der Waals surface area contributed by atoms with Crippen LogP contribution in [0.4, 0.5) is 0 Å². The number of phosphoric ester groups is 1. The molecule has 0 aromatic heterocycles. The molecule has 0 heterocycles. The lowest BCUT2D eigenvalue weighted by atomic mass is 10.1. The smallest absolute Gasteiger partial charge is 0.462 e. The molecule has 0 saturated heterocycles. The second kappa shape index (κ2) is 26.2. The highest BCUT2D eigenvalue weighted by atomic mass is 31.2. The Hall–Kier alpha value is -0.990. The highest BCUT2D eigenvalue weighted by molar-refractivity contribution is 7.47. The minimum atomic E-state index is -4.34. The summed E-state index contributed by atoms with van der Waals surface area (Å²) in [6.45, 7) is 3.62. The topological polar surface area (TPSA) is 134 Å². The summed E-state index contributed by atoms with van der Waals surface area (Å²) in [5, 5.41) is 0. The molecule has 0 aromatic carbocycles. The van der Waals surface area contributed by atoms with Crippen molar-refractivity contribution in [3.05, 3.63) is 0 Å². The Labute approximate surface area is 231 Å². The van der Waals surface area contributed by atoms with Gasteiger partial charge in [0.25, 0.3) is 0 Å². The van der Waals surface area contributed by atoms with E-state index < -0.39 is 32.5 Å². The number of carbonyl (C=O) groups excluding carboxylic acids is 2. The van der Waals surface area contributed by atoms with Crippen LogP contribution in [0, 0.1) is 0 Å². The highest BCUT2D eigenvalue weighted by Crippen LogP contribution is 2.43. The van der Waals surface area contributed by atoms with Crippen LogP contribution in [0.15, 0.2) is 0 Å². The third-order valence-corrected chi connectivity index (χ3v) is 7.23. The summed E-state index contributed by atoms with van der Waals surface area (Å²) in [5.74, 6) is -0.837. The maximum absolute atomic E-state index is 12.4. The van der Waals surface area contributed by atoms with E-state index >= 15 is 0 Å². The molecule has 1 unspecified atom stereocenters. The Balaban J connectivity index is 4.31. The molecule has 0 fully saturated rings. The monoisotopic (exact) mass is 565 g/mol. The first-order chi connectivity index (χ1) is 18.3. The number of esters is 2. The maximum Gasteiger partial charge on any atom is 0.472 e. The molecule has 10 heteroatoms. The van der Waals surface area contributed by atoms with E-state index in [2.05, 4.69) is 13.8 Å². The molecule has 0 bridgehead atoms. The van der Waals surface area contributed by atoms with Crippen molar-refractivity contribution < 1.29 is 37.6 Å². The Morgan fingerprint density at radius 1 is 0.684 bits per heavy atom. The molecule has 0 spiro atoms. The summed E-state index contributed by atoms with van der Waals surface area (Å²) in [6.07, 6.45) is 18.8. The van der Waals surface area contributed by atoms with E-state index in [0.717, 1.165) is 38.5 Å². The second-order valence-corrected chi connectivity index (χ2v) is 11.4. The van der Waals surface area contributed by atoms with Gasteiger partial charge >= 0.3 is 19.8 Å². The first-order valence-corrected chi connectivity index (χ1v) is 16.5. The van der Waals surface area contributed by atoms with E-state index in [1.165, 1.54) is 64.2 Å². The van der Waals surface area contributed by atoms with Crippen LogP contribution in [0.25, 0.3) is 0 Å². The fourth-order valence-corrected chi connectivity index (χ4v) is 4.75. The van der Waals surface area contributed by atoms with Crippen molar-refractivity contribution in [2.24, 2.45) is 5.73 Å². The molecule has 0 aromatic rings. The van der Waals surface area contributed by atoms with Gasteiger partial charge < -0.3 is 20.1 Å². The van der Waals surface area contributed by atoms with Gasteiger partial charge in [0.15, 0.2) is 6.10 Å². The summed E-state index contributed by atoms with van der Waals surface area (Å²) in [4.78, 5) is 34.2. The summed E-state index contributed by atoms with van der Waals surface area (Å²) < 4.78 is 32.3. The lowest BCUT2D eigenvalue weighted by Gasteiger charge is -2.19. The quantitative estimate of drug-likeness (QED) is 0.0585. The molecule has 3 N–H and O–H groups in total. The standard InChI is InChI=1S/C28H56NO8P/c1-3-5-7-9-11-12-13-14-15-17-19-21-28(31)37-26(25-36-38(32,33)35-23-22-29)24-34-27(30)20-18-16-10-8-6-4-2/h26H,3-25,29H2,1-2H3,(H,32,33)/t26-/m1/s1. The molecular formula is C28H56NO8P. The van der Waals surface area contributed by atoms with Crippen molar-refractivity contribution in [2.45, 2.75) is 142 Å². The van der Waals surface area contributed by atoms with Crippen LogP contribution in [0.1, 0.15) is 136 Å². The van der Waals surface area contributed by atoms with Gasteiger partial charge in [-0.05, 0) is 12.8 Å². The van der Waals surface area contributed by atoms with Gasteiger partial charge in [0.2, 0.25) is 0 Å². The summed E-state index contributed by atoms with van der Waals surface area (Å²) in [6, 6.07) is 0. The van der Waals surface area contributed by atoms with Gasteiger partial charge in [-0.3, -0.25) is 18.6 Å². The Bertz CT molecular complexity index is 620. The molecule has 0 aliphatic rings. The fraction of sp³-hybridized carbons (Fsp3) is 0.929. The molecular weight excluding hydrogens is 509 g/mol. The van der Waals surface area contributed by atoms with Gasteiger partial charge in [0.05, 0.1) is 13.2 Å². The average molecular weight is 566 g/mol. The largest absolute Gasteiger partial charge is 0.472 e. The Morgan fingerprint density at radius 2 is 1.13 bits per heavy atom. The van der Waals surface area contributed by atoms with E-state index in [4.69, 9.17) is 24.3 Å². The van der Waals surface area contributed by atoms with Gasteiger partial charge in [0, 0.05) is 19.4 Å². The number of hydrogen-bond donors (Lipinski definition) is 2. The van der Waals surface area contributed by atoms with Crippen LogP contribution in [-0.4, -0.2) is 49.3 Å². The summed E-state index contributed by atoms with van der Waals surface area (Å²) in [7, 11) is -4.34. The first-order valence-electron chi connectivity index (χ1n) is 15.0. The third-order valence-electron chi connectivity index (χ3n) is 6.24. The lowest BCUT2D eigenvalue weighted by Crippen LogP contribution is -2.29. The number of phosphoric acid groups is 1. The number of nitrogens with two attached hydrogens (primary N) is 1. The molecule has 38 heavy (non-hydrogen) atoms. The third kappa shape index (κ3) is 25.3. The van der Waals surface area contributed by atoms with Gasteiger partial charge in [-0.1, -0.05) is 110 Å². The highest BCUT2D eigenvalue weighted by Gasteiger charge is 2.25. The van der Waals surface area contributed by atoms with Crippen LogP contribution in [0.2, 0.25) is 0 Å². The van der Waals surface area contributed by atoms with Crippen LogP contribution >= 0.6 is 7.82 Å². The molecule has 0 radical (unpaired) electrons. The SMILES string of the molecule is CCCCCCCCCCCCCC(=O)O[C@H](COC(=O)CCCCCCCC)COP(=O)(O)OCCN. The van der Waals surface area contributed by atoms with Crippen molar-refractivity contribution in [1.82, 2.24) is 0 Å². The predicted octanol–water partition coefficient (Wildman–Crippen LogP) is 6.99. The Kier molecular flexibility index (Phi) is 25.6. The van der Waals surface area contributed by atoms with Crippen LogP contribution < -0.4 is 5.73 Å². The van der Waals surface area contributed by atoms with Crippen molar-refractivity contribution in [2.75, 3.05) is 26.4 Å². The fourth-order valence-electron chi connectivity index (χ4n) is 3.98. The predicted molar refractivity (Wildman–Crippen MR) is 151 cm³/mol. The van der Waals surface area contributed by atoms with Crippen LogP contribution in [0.5, 0.6) is 0 Å². The van der Waals surface area contributed by atoms with E-state index in [9.17, 15) is 19.0 Å². The number of carbonyl (C=O) groups is 2. The van der Waals surface area contributed by atoms with E-state index in [1.54, 1.807) is 0 Å². The van der Waals surface area contributed by atoms with Crippen LogP contribution in [0.3, 0.4) is 0 Å². The summed E-state index contributed by atoms with van der Waals surface area (Å²) >= 11 is 0. The average Bonchev–Trinajstić information content (AvgIpc) is 2.89. The van der Waals surface area contributed by atoms with Crippen LogP contribution in [-0.2, 0) is 32.7 Å². The zero-order valence-corrected chi connectivity index (χ0v) is 25.1. The van der Waals surface area contributed by atoms with Crippen molar-refractivity contribution in [3.8, 4) is 0 Å². The van der Waals surface area contributed by atoms with Crippen molar-refractivity contribution in [1.29, 1.82) is 0 Å². The van der Waals surface area contributed by atoms with Crippen molar-refractivity contribution >= 4 is 19.8 Å². The number of hydrogen-bond acceptors (Lipinski definition) is 8. The van der Waals surface area contributed by atoms with E-state index in [0.29, 0.717) is 6.42 Å². The van der Waals surface area contributed by atoms with Gasteiger partial charge in [-0.15, -0.1) is 0 Å². The molecule has 0 aliphatic carbocycles. The zero-order chi connectivity index (χ0) is 28.3. The maximum atomic E-state index is 12.4. The van der Waals surface area contributed by atoms with E-state index in [-0.39, 0.29) is 32.6 Å². The molecule has 0 amide bonds. The molecule has 226 valence electrons. The van der Waals surface area contributed by atoms with Gasteiger partial charge in [-0.2, -0.15) is 0 Å². The van der Waals surface area contributed by atoms with Crippen molar-refractivity contribution in [3.63, 3.8) is 0 Å². The molecule has 0 saturated carbocycles. The summed E-state index contributed by atoms with van der Waals surface area (Å²) in [5.41, 5.74) is 5.29. The minimum absolute atomic E-state index is 0.0569. The molecule has 9 nitrogen and oxygen atoms in total. The molecule has 0 aliphatic heterocycles. The number of rotatable bonds is 28. The lowest BCUT2D eigenvalue weighted by molar-refractivity contribution is -0.161. The normalized spacial score (nSPS) is 13.7. The number of ether oxygens (including phenoxy) is 2. The van der Waals surface area contributed by atoms with Gasteiger partial charge in [-0.25, -0.2) is 4.57 Å². The molecule has 2 atom stereocenters. The second-order valence-electron chi connectivity index (χ2n) is 9.98. The number of unbranched alkanes of at least 4 members (excludes halogenated alkanes) is 15.